The summed E-state index contributed by atoms with van der Waals surface area (Å²) in [5.41, 5.74) is -1.86. The van der Waals surface area contributed by atoms with E-state index >= 15 is 0 Å². The SMILES string of the molecule is C[C@@H]1[C@H]2CC(C)(C)C[C@H]2[C@H](O)[C@]23COC(=O)[C@@]2(O)[C@H]13. The van der Waals surface area contributed by atoms with E-state index in [0.717, 1.165) is 12.8 Å². The van der Waals surface area contributed by atoms with Gasteiger partial charge in [-0.25, -0.2) is 4.79 Å². The Morgan fingerprint density at radius 1 is 1.26 bits per heavy atom. The number of esters is 1. The number of carbonyl (C=O) groups excluding carboxylic acids is 1. The van der Waals surface area contributed by atoms with E-state index < -0.39 is 23.1 Å². The third kappa shape index (κ3) is 1.06. The second-order valence-corrected chi connectivity index (χ2v) is 8.06. The second kappa shape index (κ2) is 3.01. The average molecular weight is 266 g/mol. The van der Waals surface area contributed by atoms with Crippen LogP contribution < -0.4 is 0 Å². The van der Waals surface area contributed by atoms with Crippen LogP contribution in [0.3, 0.4) is 0 Å². The molecule has 1 aliphatic heterocycles. The zero-order chi connectivity index (χ0) is 13.8. The molecule has 0 bridgehead atoms. The summed E-state index contributed by atoms with van der Waals surface area (Å²) in [6.07, 6.45) is 1.45. The van der Waals surface area contributed by atoms with E-state index in [1.807, 2.05) is 0 Å². The summed E-state index contributed by atoms with van der Waals surface area (Å²) in [5.74, 6) is 0.287. The van der Waals surface area contributed by atoms with Crippen molar-refractivity contribution in [3.63, 3.8) is 0 Å². The molecular weight excluding hydrogens is 244 g/mol. The summed E-state index contributed by atoms with van der Waals surface area (Å²) < 4.78 is 5.05. The van der Waals surface area contributed by atoms with E-state index in [2.05, 4.69) is 20.8 Å². The second-order valence-electron chi connectivity index (χ2n) is 8.06. The molecule has 0 aromatic rings. The Morgan fingerprint density at radius 2 is 1.89 bits per heavy atom. The van der Waals surface area contributed by atoms with Gasteiger partial charge in [0.2, 0.25) is 0 Å². The first-order valence-electron chi connectivity index (χ1n) is 7.33. The number of carbonyl (C=O) groups is 1. The van der Waals surface area contributed by atoms with Crippen molar-refractivity contribution in [2.75, 3.05) is 6.61 Å². The Bertz CT molecular complexity index is 473. The number of ether oxygens (including phenoxy) is 1. The molecule has 3 aliphatic carbocycles. The molecule has 4 rings (SSSR count). The van der Waals surface area contributed by atoms with Crippen LogP contribution in [0, 0.1) is 34.5 Å². The van der Waals surface area contributed by atoms with Crippen LogP contribution in [-0.2, 0) is 9.53 Å². The molecule has 4 aliphatic rings. The summed E-state index contributed by atoms with van der Waals surface area (Å²) in [5, 5.41) is 21.5. The maximum Gasteiger partial charge on any atom is 0.339 e. The van der Waals surface area contributed by atoms with Gasteiger partial charge in [0.25, 0.3) is 0 Å². The van der Waals surface area contributed by atoms with Gasteiger partial charge in [0.15, 0.2) is 5.60 Å². The van der Waals surface area contributed by atoms with Gasteiger partial charge < -0.3 is 14.9 Å². The smallest absolute Gasteiger partial charge is 0.339 e. The zero-order valence-corrected chi connectivity index (χ0v) is 11.7. The highest BCUT2D eigenvalue weighted by molar-refractivity contribution is 5.89. The maximum absolute atomic E-state index is 11.9. The number of aliphatic hydroxyl groups is 2. The minimum absolute atomic E-state index is 0.105. The molecular formula is C15H22O4. The largest absolute Gasteiger partial charge is 0.463 e. The van der Waals surface area contributed by atoms with Crippen molar-refractivity contribution < 1.29 is 19.7 Å². The molecule has 1 heterocycles. The molecule has 4 heteroatoms. The Kier molecular flexibility index (Phi) is 1.93. The molecule has 3 saturated carbocycles. The number of rotatable bonds is 0. The molecule has 7 atom stereocenters. The lowest BCUT2D eigenvalue weighted by Crippen LogP contribution is -2.44. The van der Waals surface area contributed by atoms with Gasteiger partial charge in [0.05, 0.1) is 11.5 Å². The van der Waals surface area contributed by atoms with E-state index in [0.29, 0.717) is 5.92 Å². The summed E-state index contributed by atoms with van der Waals surface area (Å²) in [6.45, 7) is 6.83. The van der Waals surface area contributed by atoms with Crippen molar-refractivity contribution in [3.8, 4) is 0 Å². The topological polar surface area (TPSA) is 66.8 Å². The van der Waals surface area contributed by atoms with Crippen LogP contribution in [0.15, 0.2) is 0 Å². The average Bonchev–Trinajstić information content (AvgIpc) is 2.56. The van der Waals surface area contributed by atoms with Crippen molar-refractivity contribution in [2.45, 2.75) is 45.3 Å². The first-order chi connectivity index (χ1) is 8.76. The van der Waals surface area contributed by atoms with Gasteiger partial charge in [-0.15, -0.1) is 0 Å². The normalized spacial score (nSPS) is 61.1. The lowest BCUT2D eigenvalue weighted by atomic mass is 9.68. The highest BCUT2D eigenvalue weighted by Crippen LogP contribution is 2.77. The predicted octanol–water partition coefficient (Wildman–Crippen LogP) is 0.953. The minimum atomic E-state index is -1.40. The number of hydrogen-bond acceptors (Lipinski definition) is 4. The van der Waals surface area contributed by atoms with Crippen LogP contribution in [0.25, 0.3) is 0 Å². The standard InChI is InChI=1S/C15H22O4/c1-7-8-4-13(2,3)5-9(8)11(16)14-6-19-12(17)15(14,18)10(7)14/h7-11,16,18H,4-6H2,1-3H3/t7-,8-,9-,10-,11+,14-,15+/m1/s1. The highest BCUT2D eigenvalue weighted by atomic mass is 16.6. The van der Waals surface area contributed by atoms with Crippen molar-refractivity contribution in [1.29, 1.82) is 0 Å². The molecule has 1 spiro atoms. The summed E-state index contributed by atoms with van der Waals surface area (Å²) in [4.78, 5) is 11.9. The molecule has 1 saturated heterocycles. The summed E-state index contributed by atoms with van der Waals surface area (Å²) >= 11 is 0. The molecule has 4 fully saturated rings. The third-order valence-corrected chi connectivity index (χ3v) is 6.65. The Hall–Kier alpha value is -0.610. The van der Waals surface area contributed by atoms with E-state index in [-0.39, 0.29) is 29.8 Å². The zero-order valence-electron chi connectivity index (χ0n) is 11.7. The van der Waals surface area contributed by atoms with Crippen molar-refractivity contribution in [1.82, 2.24) is 0 Å². The van der Waals surface area contributed by atoms with E-state index in [1.54, 1.807) is 0 Å². The molecule has 19 heavy (non-hydrogen) atoms. The molecule has 0 radical (unpaired) electrons. The fourth-order valence-corrected chi connectivity index (χ4v) is 5.94. The van der Waals surface area contributed by atoms with Crippen LogP contribution in [0.5, 0.6) is 0 Å². The Morgan fingerprint density at radius 3 is 2.58 bits per heavy atom. The lowest BCUT2D eigenvalue weighted by molar-refractivity contribution is -0.152. The monoisotopic (exact) mass is 266 g/mol. The molecule has 2 N–H and O–H groups in total. The van der Waals surface area contributed by atoms with Crippen LogP contribution in [0.2, 0.25) is 0 Å². The lowest BCUT2D eigenvalue weighted by Gasteiger charge is -2.39. The number of aliphatic hydroxyl groups excluding tert-OH is 1. The first-order valence-corrected chi connectivity index (χ1v) is 7.33. The number of fused-ring (bicyclic) bond motifs is 2. The molecule has 0 amide bonds. The van der Waals surface area contributed by atoms with Gasteiger partial charge in [-0.2, -0.15) is 0 Å². The van der Waals surface area contributed by atoms with Gasteiger partial charge in [0, 0.05) is 5.92 Å². The Balaban J connectivity index is 1.77. The third-order valence-electron chi connectivity index (χ3n) is 6.65. The summed E-state index contributed by atoms with van der Waals surface area (Å²) in [6, 6.07) is 0. The summed E-state index contributed by atoms with van der Waals surface area (Å²) in [7, 11) is 0. The van der Waals surface area contributed by atoms with Crippen LogP contribution >= 0.6 is 0 Å². The van der Waals surface area contributed by atoms with Gasteiger partial charge in [-0.3, -0.25) is 0 Å². The van der Waals surface area contributed by atoms with E-state index in [4.69, 9.17) is 4.74 Å². The van der Waals surface area contributed by atoms with Crippen LogP contribution in [0.1, 0.15) is 33.6 Å². The fourth-order valence-electron chi connectivity index (χ4n) is 5.94. The van der Waals surface area contributed by atoms with Gasteiger partial charge >= 0.3 is 5.97 Å². The molecule has 106 valence electrons. The Labute approximate surface area is 113 Å². The van der Waals surface area contributed by atoms with Crippen molar-refractivity contribution in [3.05, 3.63) is 0 Å². The predicted molar refractivity (Wildman–Crippen MR) is 67.0 cm³/mol. The molecule has 4 nitrogen and oxygen atoms in total. The quantitative estimate of drug-likeness (QED) is 0.641. The molecule has 0 aromatic carbocycles. The van der Waals surface area contributed by atoms with E-state index in [9.17, 15) is 15.0 Å². The van der Waals surface area contributed by atoms with Gasteiger partial charge in [-0.05, 0) is 36.0 Å². The van der Waals surface area contributed by atoms with Gasteiger partial charge in [0.1, 0.15) is 6.61 Å². The highest BCUT2D eigenvalue weighted by Gasteiger charge is 2.91. The van der Waals surface area contributed by atoms with Crippen molar-refractivity contribution in [2.24, 2.45) is 34.5 Å². The van der Waals surface area contributed by atoms with E-state index in [1.165, 1.54) is 0 Å². The van der Waals surface area contributed by atoms with Crippen LogP contribution in [-0.4, -0.2) is 34.5 Å². The minimum Gasteiger partial charge on any atom is -0.463 e. The van der Waals surface area contributed by atoms with Crippen LogP contribution in [0.4, 0.5) is 0 Å². The van der Waals surface area contributed by atoms with Crippen molar-refractivity contribution >= 4 is 5.97 Å². The van der Waals surface area contributed by atoms with Gasteiger partial charge in [-0.1, -0.05) is 20.8 Å². The number of hydrogen-bond donors (Lipinski definition) is 2. The first kappa shape index (κ1) is 12.2. The molecule has 0 aromatic heterocycles. The maximum atomic E-state index is 11.9. The fraction of sp³-hybridized carbons (Fsp3) is 0.933. The molecule has 0 unspecified atom stereocenters. The number of cyclic esters (lactones) is 1.